The number of alkyl halides is 1. The normalized spacial score (nSPS) is 11.6. The topological polar surface area (TPSA) is 97.4 Å². The van der Waals surface area contributed by atoms with E-state index in [0.717, 1.165) is 43.9 Å². The minimum Gasteiger partial charge on any atom is -0.465 e. The van der Waals surface area contributed by atoms with E-state index >= 15 is 0 Å². The minimum absolute atomic E-state index is 0.166. The van der Waals surface area contributed by atoms with Crippen LogP contribution in [0.3, 0.4) is 0 Å². The summed E-state index contributed by atoms with van der Waals surface area (Å²) < 4.78 is 29.0. The molecule has 0 rings (SSSR count). The van der Waals surface area contributed by atoms with Gasteiger partial charge in [-0.15, -0.1) is 0 Å². The minimum atomic E-state index is -0.235. The van der Waals surface area contributed by atoms with Gasteiger partial charge in [0, 0.05) is 17.7 Å². The molecule has 0 aliphatic heterocycles. The summed E-state index contributed by atoms with van der Waals surface area (Å²) in [6, 6.07) is 0. The molecule has 0 aromatic carbocycles. The van der Waals surface area contributed by atoms with E-state index in [1.807, 2.05) is 0 Å². The van der Waals surface area contributed by atoms with Crippen molar-refractivity contribution in [2.75, 3.05) is 51.6 Å². The van der Waals surface area contributed by atoms with Gasteiger partial charge in [-0.2, -0.15) is 0 Å². The van der Waals surface area contributed by atoms with Crippen LogP contribution in [0.2, 0.25) is 0 Å². The highest BCUT2D eigenvalue weighted by molar-refractivity contribution is 9.09. The van der Waals surface area contributed by atoms with Gasteiger partial charge in [0.2, 0.25) is 0 Å². The lowest BCUT2D eigenvalue weighted by Gasteiger charge is -2.19. The zero-order chi connectivity index (χ0) is 44.0. The summed E-state index contributed by atoms with van der Waals surface area (Å²) in [5.41, 5.74) is 0. The van der Waals surface area contributed by atoms with E-state index < -0.39 is 0 Å². The molecule has 0 unspecified atom stereocenters. The Morgan fingerprint density at radius 2 is 0.650 bits per heavy atom. The zero-order valence-electron chi connectivity index (χ0n) is 39.9. The molecule has 0 fully saturated rings. The molecule has 0 saturated heterocycles. The molecule has 0 N–H and O–H groups in total. The second kappa shape index (κ2) is 47.3. The van der Waals surface area contributed by atoms with Gasteiger partial charge in [-0.25, -0.2) is 0 Å². The maximum Gasteiger partial charge on any atom is 0.308 e. The molecular weight excluding hydrogens is 820 g/mol. The third-order valence-corrected chi connectivity index (χ3v) is 12.2. The summed E-state index contributed by atoms with van der Waals surface area (Å²) in [5.74, 6) is -0.0525. The Morgan fingerprint density at radius 1 is 0.350 bits per heavy atom. The SMILES string of the molecule is CCCCCCCCC(CCCCCCCC)COC(=O)CCOCC(COCCC(=O)OCC(CCCCCCCC)CCCCCCCC)COC(=O)CCCCBr. The fourth-order valence-corrected chi connectivity index (χ4v) is 8.04. The molecule has 8 nitrogen and oxygen atoms in total. The van der Waals surface area contributed by atoms with E-state index in [1.54, 1.807) is 0 Å². The molecule has 0 aliphatic rings. The van der Waals surface area contributed by atoms with Gasteiger partial charge in [0.05, 0.1) is 59.1 Å². The van der Waals surface area contributed by atoms with Crippen LogP contribution in [0, 0.1) is 17.8 Å². The van der Waals surface area contributed by atoms with Crippen LogP contribution < -0.4 is 0 Å². The van der Waals surface area contributed by atoms with Crippen LogP contribution in [0.1, 0.15) is 240 Å². The average molecular weight is 918 g/mol. The van der Waals surface area contributed by atoms with Crippen molar-refractivity contribution in [3.8, 4) is 0 Å². The molecular formula is C51H97BrO8. The van der Waals surface area contributed by atoms with E-state index in [2.05, 4.69) is 43.6 Å². The maximum atomic E-state index is 12.8. The summed E-state index contributed by atoms with van der Waals surface area (Å²) in [6.07, 6.45) is 37.5. The molecule has 0 saturated carbocycles. The molecule has 0 aliphatic carbocycles. The highest BCUT2D eigenvalue weighted by Crippen LogP contribution is 2.22. The van der Waals surface area contributed by atoms with Crippen molar-refractivity contribution in [3.63, 3.8) is 0 Å². The van der Waals surface area contributed by atoms with E-state index in [4.69, 9.17) is 23.7 Å². The molecule has 9 heteroatoms. The highest BCUT2D eigenvalue weighted by atomic mass is 79.9. The highest BCUT2D eigenvalue weighted by Gasteiger charge is 2.17. The smallest absolute Gasteiger partial charge is 0.308 e. The van der Waals surface area contributed by atoms with Gasteiger partial charge in [0.1, 0.15) is 0 Å². The fraction of sp³-hybridized carbons (Fsp3) is 0.941. The number of esters is 3. The van der Waals surface area contributed by atoms with Crippen molar-refractivity contribution in [2.45, 2.75) is 240 Å². The van der Waals surface area contributed by atoms with Crippen molar-refractivity contribution in [3.05, 3.63) is 0 Å². The number of carbonyl (C=O) groups excluding carboxylic acids is 3. The van der Waals surface area contributed by atoms with Crippen molar-refractivity contribution in [1.82, 2.24) is 0 Å². The number of ether oxygens (including phenoxy) is 5. The summed E-state index contributed by atoms with van der Waals surface area (Å²) >= 11 is 3.41. The van der Waals surface area contributed by atoms with Crippen LogP contribution in [0.5, 0.6) is 0 Å². The number of carbonyl (C=O) groups is 3. The van der Waals surface area contributed by atoms with Gasteiger partial charge in [0.25, 0.3) is 0 Å². The van der Waals surface area contributed by atoms with Crippen LogP contribution in [0.25, 0.3) is 0 Å². The van der Waals surface area contributed by atoms with Gasteiger partial charge >= 0.3 is 17.9 Å². The van der Waals surface area contributed by atoms with E-state index in [0.29, 0.717) is 31.5 Å². The van der Waals surface area contributed by atoms with Crippen molar-refractivity contribution < 1.29 is 38.1 Å². The van der Waals surface area contributed by atoms with Crippen LogP contribution in [0.4, 0.5) is 0 Å². The number of rotatable bonds is 48. The van der Waals surface area contributed by atoms with Crippen molar-refractivity contribution in [1.29, 1.82) is 0 Å². The lowest BCUT2D eigenvalue weighted by molar-refractivity contribution is -0.147. The number of hydrogen-bond donors (Lipinski definition) is 0. The number of halogens is 1. The van der Waals surface area contributed by atoms with Gasteiger partial charge < -0.3 is 23.7 Å². The van der Waals surface area contributed by atoms with Gasteiger partial charge in [0.15, 0.2) is 0 Å². The lowest BCUT2D eigenvalue weighted by Crippen LogP contribution is -2.25. The largest absolute Gasteiger partial charge is 0.465 e. The maximum absolute atomic E-state index is 12.8. The molecule has 0 atom stereocenters. The summed E-state index contributed by atoms with van der Waals surface area (Å²) in [6.45, 7) is 11.2. The first kappa shape index (κ1) is 58.8. The Kier molecular flexibility index (Phi) is 46.4. The molecule has 0 amide bonds. The monoisotopic (exact) mass is 917 g/mol. The Hall–Kier alpha value is -1.19. The summed E-state index contributed by atoms with van der Waals surface area (Å²) in [5, 5.41) is 0.854. The van der Waals surface area contributed by atoms with Crippen molar-refractivity contribution >= 4 is 33.8 Å². The lowest BCUT2D eigenvalue weighted by atomic mass is 9.95. The standard InChI is InChI=1S/C51H97BrO8/c1-5-9-13-17-21-25-31-46(32-26-22-18-14-10-6-2)43-58-50(54)36-39-56-41-48(45-60-49(53)35-29-30-38-52)42-57-40-37-51(55)59-44-47(33-27-23-19-15-11-7-3)34-28-24-20-16-12-8-4/h46-48H,5-45H2,1-4H3. The molecule has 0 aromatic heterocycles. The summed E-state index contributed by atoms with van der Waals surface area (Å²) in [4.78, 5) is 37.9. The van der Waals surface area contributed by atoms with Crippen LogP contribution >= 0.6 is 15.9 Å². The molecule has 0 spiro atoms. The molecule has 0 heterocycles. The molecule has 0 aromatic rings. The second-order valence-corrected chi connectivity index (χ2v) is 18.5. The molecule has 0 bridgehead atoms. The summed E-state index contributed by atoms with van der Waals surface area (Å²) in [7, 11) is 0. The van der Waals surface area contributed by atoms with E-state index in [9.17, 15) is 14.4 Å². The Labute approximate surface area is 379 Å². The predicted molar refractivity (Wildman–Crippen MR) is 254 cm³/mol. The Morgan fingerprint density at radius 3 is 0.983 bits per heavy atom. The van der Waals surface area contributed by atoms with Gasteiger partial charge in [-0.1, -0.05) is 198 Å². The molecule has 0 radical (unpaired) electrons. The van der Waals surface area contributed by atoms with Gasteiger partial charge in [-0.05, 0) is 50.4 Å². The first-order valence-corrected chi connectivity index (χ1v) is 26.7. The number of hydrogen-bond acceptors (Lipinski definition) is 8. The van der Waals surface area contributed by atoms with Gasteiger partial charge in [-0.3, -0.25) is 14.4 Å². The van der Waals surface area contributed by atoms with E-state index in [-0.39, 0.29) is 69.7 Å². The quantitative estimate of drug-likeness (QED) is 0.0258. The second-order valence-electron chi connectivity index (χ2n) is 17.7. The fourth-order valence-electron chi connectivity index (χ4n) is 7.64. The Bertz CT molecular complexity index is 841. The van der Waals surface area contributed by atoms with Crippen LogP contribution in [0.15, 0.2) is 0 Å². The van der Waals surface area contributed by atoms with Crippen LogP contribution in [-0.2, 0) is 38.1 Å². The average Bonchev–Trinajstić information content (AvgIpc) is 3.25. The first-order valence-electron chi connectivity index (χ1n) is 25.6. The predicted octanol–water partition coefficient (Wildman–Crippen LogP) is 14.8. The molecule has 60 heavy (non-hydrogen) atoms. The van der Waals surface area contributed by atoms with E-state index in [1.165, 1.54) is 154 Å². The first-order chi connectivity index (χ1) is 29.4. The third-order valence-electron chi connectivity index (χ3n) is 11.7. The Balaban J connectivity index is 4.84. The van der Waals surface area contributed by atoms with Crippen molar-refractivity contribution in [2.24, 2.45) is 17.8 Å². The third kappa shape index (κ3) is 42.1. The molecule has 356 valence electrons. The number of unbranched alkanes of at least 4 members (excludes halogenated alkanes) is 21. The zero-order valence-corrected chi connectivity index (χ0v) is 41.5. The van der Waals surface area contributed by atoms with Crippen LogP contribution in [-0.4, -0.2) is 69.5 Å².